The Morgan fingerprint density at radius 1 is 1.27 bits per heavy atom. The maximum Gasteiger partial charge on any atom is 0.339 e. The summed E-state index contributed by atoms with van der Waals surface area (Å²) < 4.78 is 11.4. The predicted octanol–water partition coefficient (Wildman–Crippen LogP) is 3.41. The fourth-order valence-corrected chi connectivity index (χ4v) is 3.43. The number of nitrogens with zero attached hydrogens (tertiary/aromatic N) is 1. The standard InChI is InChI=1S/C20H23NO5/c1-13-17(20(23)24)11-15(26-13)12-21(2)19(22)16-9-6-10-25-18(16)14-7-4-3-5-8-14/h3-5,7-8,11,16,18H,6,9-10,12H2,1-2H3,(H,23,24)/t16-,18-/m0/s1. The van der Waals surface area contributed by atoms with Crippen LogP contribution in [0.1, 0.15) is 46.4 Å². The van der Waals surface area contributed by atoms with Gasteiger partial charge in [0.2, 0.25) is 5.91 Å². The molecule has 1 aromatic heterocycles. The second-order valence-corrected chi connectivity index (χ2v) is 6.63. The number of carbonyl (C=O) groups is 2. The molecule has 1 fully saturated rings. The van der Waals surface area contributed by atoms with Crippen LogP contribution >= 0.6 is 0 Å². The molecule has 1 aliphatic rings. The summed E-state index contributed by atoms with van der Waals surface area (Å²) in [6.07, 6.45) is 1.35. The molecule has 0 unspecified atom stereocenters. The van der Waals surface area contributed by atoms with Gasteiger partial charge in [-0.2, -0.15) is 0 Å². The van der Waals surface area contributed by atoms with Gasteiger partial charge in [-0.1, -0.05) is 30.3 Å². The Bertz CT molecular complexity index is 783. The van der Waals surface area contributed by atoms with Crippen molar-refractivity contribution in [3.05, 3.63) is 59.0 Å². The largest absolute Gasteiger partial charge is 0.478 e. The molecule has 1 aliphatic heterocycles. The zero-order valence-corrected chi connectivity index (χ0v) is 15.0. The smallest absolute Gasteiger partial charge is 0.339 e. The third kappa shape index (κ3) is 3.80. The van der Waals surface area contributed by atoms with E-state index in [9.17, 15) is 9.59 Å². The SMILES string of the molecule is Cc1oc(CN(C)C(=O)[C@H]2CCCO[C@H]2c2ccccc2)cc1C(=O)O. The second kappa shape index (κ2) is 7.74. The third-order valence-electron chi connectivity index (χ3n) is 4.74. The molecular formula is C20H23NO5. The maximum atomic E-state index is 13.0. The van der Waals surface area contributed by atoms with Crippen molar-refractivity contribution in [1.82, 2.24) is 4.90 Å². The lowest BCUT2D eigenvalue weighted by Gasteiger charge is -2.33. The van der Waals surface area contributed by atoms with E-state index in [4.69, 9.17) is 14.3 Å². The highest BCUT2D eigenvalue weighted by molar-refractivity contribution is 5.88. The Balaban J connectivity index is 1.74. The van der Waals surface area contributed by atoms with Crippen LogP contribution in [0, 0.1) is 12.8 Å². The zero-order chi connectivity index (χ0) is 18.7. The Morgan fingerprint density at radius 3 is 2.65 bits per heavy atom. The average molecular weight is 357 g/mol. The van der Waals surface area contributed by atoms with E-state index in [-0.39, 0.29) is 30.0 Å². The minimum atomic E-state index is -1.03. The molecule has 0 bridgehead atoms. The van der Waals surface area contributed by atoms with Crippen molar-refractivity contribution < 1.29 is 23.8 Å². The van der Waals surface area contributed by atoms with Crippen molar-refractivity contribution in [3.63, 3.8) is 0 Å². The number of aryl methyl sites for hydroxylation is 1. The average Bonchev–Trinajstić information content (AvgIpc) is 3.02. The number of amides is 1. The van der Waals surface area contributed by atoms with Crippen LogP contribution in [0.5, 0.6) is 0 Å². The summed E-state index contributed by atoms with van der Waals surface area (Å²) in [5, 5.41) is 9.13. The number of hydrogen-bond donors (Lipinski definition) is 1. The predicted molar refractivity (Wildman–Crippen MR) is 94.7 cm³/mol. The van der Waals surface area contributed by atoms with E-state index in [1.807, 2.05) is 30.3 Å². The number of rotatable bonds is 5. The minimum absolute atomic E-state index is 0.0236. The van der Waals surface area contributed by atoms with Gasteiger partial charge in [-0.05, 0) is 31.4 Å². The molecule has 2 atom stereocenters. The molecule has 6 nitrogen and oxygen atoms in total. The summed E-state index contributed by atoms with van der Waals surface area (Å²) in [7, 11) is 1.71. The first kappa shape index (κ1) is 18.2. The molecule has 1 saturated heterocycles. The summed E-state index contributed by atoms with van der Waals surface area (Å²) in [5.41, 5.74) is 1.13. The first-order valence-electron chi connectivity index (χ1n) is 8.71. The number of aromatic carboxylic acids is 1. The van der Waals surface area contributed by atoms with E-state index in [1.54, 1.807) is 18.9 Å². The molecule has 0 radical (unpaired) electrons. The zero-order valence-electron chi connectivity index (χ0n) is 15.0. The van der Waals surface area contributed by atoms with E-state index < -0.39 is 5.97 Å². The molecule has 1 amide bonds. The van der Waals surface area contributed by atoms with Gasteiger partial charge in [0.1, 0.15) is 17.1 Å². The molecule has 26 heavy (non-hydrogen) atoms. The summed E-state index contributed by atoms with van der Waals surface area (Å²) >= 11 is 0. The number of furan rings is 1. The fourth-order valence-electron chi connectivity index (χ4n) is 3.43. The van der Waals surface area contributed by atoms with E-state index in [2.05, 4.69) is 0 Å². The normalized spacial score (nSPS) is 19.9. The van der Waals surface area contributed by atoms with Crippen LogP contribution in [0.15, 0.2) is 40.8 Å². The van der Waals surface area contributed by atoms with Gasteiger partial charge in [-0.15, -0.1) is 0 Å². The van der Waals surface area contributed by atoms with Crippen LogP contribution in [0.2, 0.25) is 0 Å². The molecule has 6 heteroatoms. The third-order valence-corrected chi connectivity index (χ3v) is 4.74. The lowest BCUT2D eigenvalue weighted by atomic mass is 9.88. The van der Waals surface area contributed by atoms with Crippen molar-refractivity contribution >= 4 is 11.9 Å². The molecule has 0 spiro atoms. The topological polar surface area (TPSA) is 80.0 Å². The van der Waals surface area contributed by atoms with Gasteiger partial charge in [0.25, 0.3) is 0 Å². The monoisotopic (exact) mass is 357 g/mol. The molecule has 3 rings (SSSR count). The van der Waals surface area contributed by atoms with E-state index >= 15 is 0 Å². The van der Waals surface area contributed by atoms with Crippen molar-refractivity contribution in [1.29, 1.82) is 0 Å². The number of hydrogen-bond acceptors (Lipinski definition) is 4. The first-order valence-corrected chi connectivity index (χ1v) is 8.71. The highest BCUT2D eigenvalue weighted by Gasteiger charge is 2.35. The molecule has 0 aliphatic carbocycles. The second-order valence-electron chi connectivity index (χ2n) is 6.63. The Labute approximate surface area is 152 Å². The lowest BCUT2D eigenvalue weighted by Crippen LogP contribution is -2.38. The fraction of sp³-hybridized carbons (Fsp3) is 0.400. The van der Waals surface area contributed by atoms with Gasteiger partial charge >= 0.3 is 5.97 Å². The summed E-state index contributed by atoms with van der Waals surface area (Å²) in [4.78, 5) is 25.7. The van der Waals surface area contributed by atoms with Crippen molar-refractivity contribution in [2.45, 2.75) is 32.4 Å². The van der Waals surface area contributed by atoms with Crippen LogP contribution < -0.4 is 0 Å². The van der Waals surface area contributed by atoms with Crippen LogP contribution in [0.25, 0.3) is 0 Å². The van der Waals surface area contributed by atoms with Crippen molar-refractivity contribution in [2.24, 2.45) is 5.92 Å². The molecule has 1 N–H and O–H groups in total. The van der Waals surface area contributed by atoms with Gasteiger partial charge in [-0.3, -0.25) is 4.79 Å². The first-order chi connectivity index (χ1) is 12.5. The number of benzene rings is 1. The number of carboxylic acids is 1. The van der Waals surface area contributed by atoms with Gasteiger partial charge in [0.15, 0.2) is 0 Å². The van der Waals surface area contributed by atoms with E-state index in [1.165, 1.54) is 6.07 Å². The van der Waals surface area contributed by atoms with E-state index in [0.717, 1.165) is 18.4 Å². The Kier molecular flexibility index (Phi) is 5.42. The van der Waals surface area contributed by atoms with Gasteiger partial charge in [-0.25, -0.2) is 4.79 Å². The number of carbonyl (C=O) groups excluding carboxylic acids is 1. The van der Waals surface area contributed by atoms with E-state index in [0.29, 0.717) is 18.1 Å². The van der Waals surface area contributed by atoms with Gasteiger partial charge in [0, 0.05) is 13.7 Å². The van der Waals surface area contributed by atoms with Crippen LogP contribution in [0.4, 0.5) is 0 Å². The minimum Gasteiger partial charge on any atom is -0.478 e. The van der Waals surface area contributed by atoms with Gasteiger partial charge < -0.3 is 19.2 Å². The molecule has 2 heterocycles. The molecule has 2 aromatic rings. The number of carboxylic acid groups (broad SMARTS) is 1. The van der Waals surface area contributed by atoms with Crippen LogP contribution in [-0.2, 0) is 16.1 Å². The van der Waals surface area contributed by atoms with Crippen molar-refractivity contribution in [2.75, 3.05) is 13.7 Å². The summed E-state index contributed by atoms with van der Waals surface area (Å²) in [6.45, 7) is 2.48. The van der Waals surface area contributed by atoms with Crippen molar-refractivity contribution in [3.8, 4) is 0 Å². The maximum absolute atomic E-state index is 13.0. The van der Waals surface area contributed by atoms with Crippen LogP contribution in [0.3, 0.4) is 0 Å². The molecule has 0 saturated carbocycles. The Hall–Kier alpha value is -2.60. The number of ether oxygens (including phenoxy) is 1. The highest BCUT2D eigenvalue weighted by Crippen LogP contribution is 2.35. The lowest BCUT2D eigenvalue weighted by molar-refractivity contribution is -0.145. The molecule has 138 valence electrons. The van der Waals surface area contributed by atoms with Crippen LogP contribution in [-0.4, -0.2) is 35.5 Å². The summed E-state index contributed by atoms with van der Waals surface area (Å²) in [6, 6.07) is 11.3. The van der Waals surface area contributed by atoms with Gasteiger partial charge in [0.05, 0.1) is 18.6 Å². The summed E-state index contributed by atoms with van der Waals surface area (Å²) in [5.74, 6) is -0.507. The Morgan fingerprint density at radius 2 is 2.00 bits per heavy atom. The highest BCUT2D eigenvalue weighted by atomic mass is 16.5. The molecular weight excluding hydrogens is 334 g/mol. The quantitative estimate of drug-likeness (QED) is 0.887. The molecule has 1 aromatic carbocycles.